The van der Waals surface area contributed by atoms with E-state index in [-0.39, 0.29) is 13.2 Å². The maximum atomic E-state index is 11.9. The van der Waals surface area contributed by atoms with Crippen LogP contribution in [0.1, 0.15) is 12.5 Å². The molecule has 116 valence electrons. The lowest BCUT2D eigenvalue weighted by molar-refractivity contribution is -0.138. The zero-order chi connectivity index (χ0) is 16.4. The van der Waals surface area contributed by atoms with Crippen molar-refractivity contribution in [1.29, 1.82) is 0 Å². The summed E-state index contributed by atoms with van der Waals surface area (Å²) >= 11 is 0. The molecular formula is C15H16N2O5. The van der Waals surface area contributed by atoms with Gasteiger partial charge in [-0.2, -0.15) is 5.01 Å². The third kappa shape index (κ3) is 5.22. The lowest BCUT2D eigenvalue weighted by Crippen LogP contribution is -2.28. The molecule has 1 aromatic rings. The molecule has 0 unspecified atom stereocenters. The summed E-state index contributed by atoms with van der Waals surface area (Å²) in [4.78, 5) is 33.5. The number of hydrogen-bond acceptors (Lipinski definition) is 6. The molecule has 7 nitrogen and oxygen atoms in total. The van der Waals surface area contributed by atoms with Gasteiger partial charge in [-0.3, -0.25) is 0 Å². The Morgan fingerprint density at radius 2 is 1.95 bits per heavy atom. The minimum Gasteiger partial charge on any atom is -0.459 e. The zero-order valence-corrected chi connectivity index (χ0v) is 12.3. The van der Waals surface area contributed by atoms with Gasteiger partial charge in [-0.15, -0.1) is 0 Å². The van der Waals surface area contributed by atoms with Gasteiger partial charge < -0.3 is 9.47 Å². The molecule has 0 saturated heterocycles. The summed E-state index contributed by atoms with van der Waals surface area (Å²) in [5, 5.41) is 4.13. The van der Waals surface area contributed by atoms with Crippen molar-refractivity contribution in [3.63, 3.8) is 0 Å². The Labute approximate surface area is 127 Å². The molecule has 0 aliphatic heterocycles. The number of para-hydroxylation sites is 1. The molecule has 0 bridgehead atoms. The molecule has 0 radical (unpaired) electrons. The normalized spacial score (nSPS) is 9.91. The van der Waals surface area contributed by atoms with Gasteiger partial charge >= 0.3 is 12.1 Å². The zero-order valence-electron chi connectivity index (χ0n) is 12.3. The van der Waals surface area contributed by atoms with Gasteiger partial charge in [0.05, 0.1) is 5.69 Å². The van der Waals surface area contributed by atoms with Crippen LogP contribution in [0.15, 0.2) is 41.5 Å². The number of carbonyl (C=O) groups is 2. The fourth-order valence-electron chi connectivity index (χ4n) is 1.55. The van der Waals surface area contributed by atoms with Gasteiger partial charge in [-0.1, -0.05) is 29.4 Å². The first-order valence-electron chi connectivity index (χ1n) is 6.50. The molecule has 7 heteroatoms. The van der Waals surface area contributed by atoms with Crippen molar-refractivity contribution >= 4 is 23.8 Å². The average molecular weight is 304 g/mol. The molecular weight excluding hydrogens is 288 g/mol. The van der Waals surface area contributed by atoms with Crippen molar-refractivity contribution in [2.24, 2.45) is 5.10 Å². The number of benzene rings is 1. The Balaban J connectivity index is 2.62. The molecule has 1 rings (SSSR count). The van der Waals surface area contributed by atoms with Crippen LogP contribution in [0.25, 0.3) is 0 Å². The van der Waals surface area contributed by atoms with Crippen molar-refractivity contribution in [1.82, 2.24) is 0 Å². The van der Waals surface area contributed by atoms with Crippen LogP contribution in [0.2, 0.25) is 0 Å². The van der Waals surface area contributed by atoms with E-state index in [1.54, 1.807) is 38.1 Å². The molecule has 0 aliphatic rings. The van der Waals surface area contributed by atoms with Crippen molar-refractivity contribution in [2.75, 3.05) is 18.2 Å². The third-order valence-electron chi connectivity index (χ3n) is 2.51. The smallest absolute Gasteiger partial charge is 0.436 e. The second-order valence-corrected chi connectivity index (χ2v) is 4.07. The van der Waals surface area contributed by atoms with Gasteiger partial charge in [-0.25, -0.2) is 14.4 Å². The highest BCUT2D eigenvalue weighted by Crippen LogP contribution is 2.20. The lowest BCUT2D eigenvalue weighted by Gasteiger charge is -2.16. The second kappa shape index (κ2) is 9.10. The highest BCUT2D eigenvalue weighted by atomic mass is 16.6. The molecule has 0 atom stereocenters. The molecule has 0 saturated carbocycles. The van der Waals surface area contributed by atoms with Gasteiger partial charge in [0.1, 0.15) is 13.2 Å². The second-order valence-electron chi connectivity index (χ2n) is 4.07. The molecule has 0 spiro atoms. The van der Waals surface area contributed by atoms with Crippen LogP contribution in [-0.4, -0.2) is 31.4 Å². The van der Waals surface area contributed by atoms with Crippen LogP contribution in [0.5, 0.6) is 0 Å². The molecule has 0 aromatic heterocycles. The summed E-state index contributed by atoms with van der Waals surface area (Å²) in [6.07, 6.45) is 3.23. The molecule has 1 amide bonds. The summed E-state index contributed by atoms with van der Waals surface area (Å²) < 4.78 is 9.68. The molecule has 0 fully saturated rings. The number of aryl methyl sites for hydroxylation is 1. The van der Waals surface area contributed by atoms with Gasteiger partial charge in [0.15, 0.2) is 0 Å². The van der Waals surface area contributed by atoms with Gasteiger partial charge in [0.2, 0.25) is 0 Å². The van der Waals surface area contributed by atoms with E-state index in [2.05, 4.69) is 5.10 Å². The molecule has 0 aliphatic carbocycles. The van der Waals surface area contributed by atoms with E-state index in [9.17, 15) is 14.4 Å². The Morgan fingerprint density at radius 3 is 2.59 bits per heavy atom. The Kier molecular flexibility index (Phi) is 7.08. The van der Waals surface area contributed by atoms with Crippen molar-refractivity contribution in [3.8, 4) is 0 Å². The maximum Gasteiger partial charge on any atom is 0.436 e. The number of isocyanates is 1. The first-order chi connectivity index (χ1) is 10.6. The number of amides is 1. The quantitative estimate of drug-likeness (QED) is 0.201. The third-order valence-corrected chi connectivity index (χ3v) is 2.51. The van der Waals surface area contributed by atoms with Crippen LogP contribution in [0.4, 0.5) is 10.5 Å². The van der Waals surface area contributed by atoms with Gasteiger partial charge in [0, 0.05) is 6.08 Å². The predicted molar refractivity (Wildman–Crippen MR) is 78.9 cm³/mol. The number of esters is 1. The first kappa shape index (κ1) is 17.1. The van der Waals surface area contributed by atoms with E-state index in [4.69, 9.17) is 9.47 Å². The number of carbonyl (C=O) groups excluding carboxylic acids is 3. The van der Waals surface area contributed by atoms with Crippen molar-refractivity contribution in [3.05, 3.63) is 42.0 Å². The number of rotatable bonds is 6. The van der Waals surface area contributed by atoms with E-state index in [1.165, 1.54) is 18.2 Å². The largest absolute Gasteiger partial charge is 0.459 e. The summed E-state index contributed by atoms with van der Waals surface area (Å²) in [5.74, 6) is -0.528. The Morgan fingerprint density at radius 1 is 1.27 bits per heavy atom. The van der Waals surface area contributed by atoms with E-state index < -0.39 is 12.1 Å². The van der Waals surface area contributed by atoms with E-state index >= 15 is 0 Å². The number of nitrogens with zero attached hydrogens (tertiary/aromatic N) is 2. The van der Waals surface area contributed by atoms with E-state index in [0.29, 0.717) is 5.69 Å². The van der Waals surface area contributed by atoms with E-state index in [0.717, 1.165) is 10.6 Å². The minimum absolute atomic E-state index is 0.0959. The fraction of sp³-hybridized carbons (Fsp3) is 0.267. The van der Waals surface area contributed by atoms with Gasteiger partial charge in [-0.05, 0) is 25.5 Å². The summed E-state index contributed by atoms with van der Waals surface area (Å²) in [6, 6.07) is 6.85. The SMILES string of the molecule is CC=CC(=O)OCCOC(=O)N(N=C=O)c1ccccc1C. The summed E-state index contributed by atoms with van der Waals surface area (Å²) in [5.41, 5.74) is 1.14. The summed E-state index contributed by atoms with van der Waals surface area (Å²) in [7, 11) is 0. The Hall–Kier alpha value is -2.92. The first-order valence-corrected chi connectivity index (χ1v) is 6.50. The highest BCUT2D eigenvalue weighted by Gasteiger charge is 2.18. The van der Waals surface area contributed by atoms with Crippen LogP contribution < -0.4 is 5.01 Å². The Bertz CT molecular complexity index is 606. The van der Waals surface area contributed by atoms with Crippen LogP contribution >= 0.6 is 0 Å². The lowest BCUT2D eigenvalue weighted by atomic mass is 10.2. The molecule has 22 heavy (non-hydrogen) atoms. The number of anilines is 1. The number of hydrazone groups is 1. The monoisotopic (exact) mass is 304 g/mol. The fourth-order valence-corrected chi connectivity index (χ4v) is 1.55. The molecule has 0 heterocycles. The van der Waals surface area contributed by atoms with Gasteiger partial charge in [0.25, 0.3) is 6.08 Å². The average Bonchev–Trinajstić information content (AvgIpc) is 2.50. The van der Waals surface area contributed by atoms with Crippen molar-refractivity contribution in [2.45, 2.75) is 13.8 Å². The number of allylic oxidation sites excluding steroid dienone is 1. The number of ether oxygens (including phenoxy) is 2. The van der Waals surface area contributed by atoms with Crippen molar-refractivity contribution < 1.29 is 23.9 Å². The topological polar surface area (TPSA) is 85.3 Å². The minimum atomic E-state index is -0.861. The summed E-state index contributed by atoms with van der Waals surface area (Å²) in [6.45, 7) is 3.19. The molecule has 0 N–H and O–H groups in total. The standard InChI is InChI=1S/C15H16N2O5/c1-3-6-14(19)21-9-10-22-15(20)17(16-11-18)13-8-5-4-7-12(13)2/h3-8H,9-10H2,1-2H3. The predicted octanol–water partition coefficient (Wildman–Crippen LogP) is 2.31. The maximum absolute atomic E-state index is 11.9. The molecule has 1 aromatic carbocycles. The van der Waals surface area contributed by atoms with Crippen LogP contribution in [0.3, 0.4) is 0 Å². The van der Waals surface area contributed by atoms with E-state index in [1.807, 2.05) is 0 Å². The van der Waals surface area contributed by atoms with Crippen LogP contribution in [0, 0.1) is 6.92 Å². The van der Waals surface area contributed by atoms with Crippen LogP contribution in [-0.2, 0) is 19.1 Å². The highest BCUT2D eigenvalue weighted by molar-refractivity contribution is 5.88. The number of hydrogen-bond donors (Lipinski definition) is 0.